The van der Waals surface area contributed by atoms with Gasteiger partial charge in [0.05, 0.1) is 19.6 Å². The maximum atomic E-state index is 11.6. The summed E-state index contributed by atoms with van der Waals surface area (Å²) >= 11 is 0. The summed E-state index contributed by atoms with van der Waals surface area (Å²) in [6, 6.07) is 0. The molecule has 0 unspecified atom stereocenters. The smallest absolute Gasteiger partial charge is 0.309 e. The summed E-state index contributed by atoms with van der Waals surface area (Å²) < 4.78 is 10.0. The average molecular weight is 267 g/mol. The molecule has 1 aromatic heterocycles. The molecule has 19 heavy (non-hydrogen) atoms. The molecule has 106 valence electrons. The van der Waals surface area contributed by atoms with Crippen LogP contribution in [0.1, 0.15) is 44.3 Å². The Morgan fingerprint density at radius 2 is 2.37 bits per heavy atom. The number of esters is 1. The second-order valence-corrected chi connectivity index (χ2v) is 5.30. The quantitative estimate of drug-likeness (QED) is 0.771. The zero-order chi connectivity index (χ0) is 13.8. The summed E-state index contributed by atoms with van der Waals surface area (Å²) in [7, 11) is 1.44. The minimum Gasteiger partial charge on any atom is -0.469 e. The molecule has 6 heteroatoms. The summed E-state index contributed by atoms with van der Waals surface area (Å²) in [5, 5.41) is 3.95. The van der Waals surface area contributed by atoms with Crippen LogP contribution in [0.3, 0.4) is 0 Å². The first-order valence-corrected chi connectivity index (χ1v) is 6.72. The van der Waals surface area contributed by atoms with Gasteiger partial charge in [0.15, 0.2) is 5.82 Å². The summed E-state index contributed by atoms with van der Waals surface area (Å²) in [5.41, 5.74) is 0. The fourth-order valence-electron chi connectivity index (χ4n) is 2.32. The van der Waals surface area contributed by atoms with Gasteiger partial charge in [-0.05, 0) is 19.4 Å². The first-order chi connectivity index (χ1) is 9.10. The number of piperidine rings is 1. The van der Waals surface area contributed by atoms with E-state index in [1.54, 1.807) is 0 Å². The zero-order valence-corrected chi connectivity index (χ0v) is 11.8. The zero-order valence-electron chi connectivity index (χ0n) is 11.8. The van der Waals surface area contributed by atoms with Gasteiger partial charge in [-0.15, -0.1) is 0 Å². The molecule has 0 amide bonds. The Morgan fingerprint density at radius 3 is 3.00 bits per heavy atom. The number of aromatic nitrogens is 2. The van der Waals surface area contributed by atoms with Crippen LogP contribution >= 0.6 is 0 Å². The number of ether oxygens (including phenoxy) is 1. The van der Waals surface area contributed by atoms with Crippen LogP contribution in [0.4, 0.5) is 0 Å². The van der Waals surface area contributed by atoms with Crippen molar-refractivity contribution in [1.82, 2.24) is 15.0 Å². The molecule has 1 aliphatic heterocycles. The number of hydrogen-bond donors (Lipinski definition) is 0. The maximum absolute atomic E-state index is 11.6. The van der Waals surface area contributed by atoms with E-state index in [1.807, 2.05) is 13.8 Å². The van der Waals surface area contributed by atoms with Gasteiger partial charge in [0.1, 0.15) is 0 Å². The maximum Gasteiger partial charge on any atom is 0.309 e. The largest absolute Gasteiger partial charge is 0.469 e. The predicted octanol–water partition coefficient (Wildman–Crippen LogP) is 1.58. The average Bonchev–Trinajstić information content (AvgIpc) is 2.87. The lowest BCUT2D eigenvalue weighted by Crippen LogP contribution is -2.38. The molecule has 0 bridgehead atoms. The molecular weight excluding hydrogens is 246 g/mol. The predicted molar refractivity (Wildman–Crippen MR) is 68.4 cm³/mol. The van der Waals surface area contributed by atoms with Crippen molar-refractivity contribution < 1.29 is 14.1 Å². The molecule has 1 fully saturated rings. The van der Waals surface area contributed by atoms with Crippen molar-refractivity contribution in [2.24, 2.45) is 5.92 Å². The summed E-state index contributed by atoms with van der Waals surface area (Å²) in [4.78, 5) is 18.1. The van der Waals surface area contributed by atoms with Gasteiger partial charge in [-0.1, -0.05) is 19.0 Å². The highest BCUT2D eigenvalue weighted by molar-refractivity contribution is 5.72. The van der Waals surface area contributed by atoms with Gasteiger partial charge in [-0.2, -0.15) is 4.98 Å². The molecule has 1 aromatic rings. The summed E-state index contributed by atoms with van der Waals surface area (Å²) in [5.74, 6) is 1.46. The highest BCUT2D eigenvalue weighted by Crippen LogP contribution is 2.19. The summed E-state index contributed by atoms with van der Waals surface area (Å²) in [6.45, 7) is 6.32. The Hall–Kier alpha value is -1.43. The van der Waals surface area contributed by atoms with E-state index in [-0.39, 0.29) is 17.8 Å². The number of carbonyl (C=O) groups excluding carboxylic acids is 1. The van der Waals surface area contributed by atoms with E-state index < -0.39 is 0 Å². The Balaban J connectivity index is 1.92. The van der Waals surface area contributed by atoms with Crippen LogP contribution < -0.4 is 0 Å². The Kier molecular flexibility index (Phi) is 4.52. The van der Waals surface area contributed by atoms with Gasteiger partial charge in [0, 0.05) is 12.5 Å². The molecule has 0 N–H and O–H groups in total. The Labute approximate surface area is 113 Å². The van der Waals surface area contributed by atoms with Gasteiger partial charge < -0.3 is 9.26 Å². The van der Waals surface area contributed by atoms with E-state index in [1.165, 1.54) is 7.11 Å². The summed E-state index contributed by atoms with van der Waals surface area (Å²) in [6.07, 6.45) is 1.88. The van der Waals surface area contributed by atoms with Crippen LogP contribution in [-0.2, 0) is 16.1 Å². The van der Waals surface area contributed by atoms with E-state index in [0.29, 0.717) is 19.0 Å². The lowest BCUT2D eigenvalue weighted by molar-refractivity contribution is -0.147. The van der Waals surface area contributed by atoms with Gasteiger partial charge in [0.25, 0.3) is 0 Å². The number of rotatable bonds is 4. The Morgan fingerprint density at radius 1 is 1.58 bits per heavy atom. The standard InChI is InChI=1S/C13H21N3O3/c1-9(2)12-14-11(19-15-12)8-16-6-4-5-10(7-16)13(17)18-3/h9-10H,4-8H2,1-3H3/t10-/m0/s1. The van der Waals surface area contributed by atoms with Crippen LogP contribution in [0.2, 0.25) is 0 Å². The van der Waals surface area contributed by atoms with Crippen LogP contribution in [0.5, 0.6) is 0 Å². The van der Waals surface area contributed by atoms with Crippen molar-refractivity contribution in [3.8, 4) is 0 Å². The molecule has 0 spiro atoms. The normalized spacial score (nSPS) is 20.7. The van der Waals surface area contributed by atoms with Crippen LogP contribution in [0.25, 0.3) is 0 Å². The minimum absolute atomic E-state index is 0.0359. The van der Waals surface area contributed by atoms with Gasteiger partial charge in [-0.25, -0.2) is 0 Å². The molecule has 0 aromatic carbocycles. The fourth-order valence-corrected chi connectivity index (χ4v) is 2.32. The number of carbonyl (C=O) groups is 1. The van der Waals surface area contributed by atoms with Crippen molar-refractivity contribution in [2.75, 3.05) is 20.2 Å². The molecule has 0 aliphatic carbocycles. The van der Waals surface area contributed by atoms with Crippen molar-refractivity contribution in [3.63, 3.8) is 0 Å². The van der Waals surface area contributed by atoms with Crippen molar-refractivity contribution in [1.29, 1.82) is 0 Å². The van der Waals surface area contributed by atoms with Crippen LogP contribution in [0, 0.1) is 5.92 Å². The molecule has 0 radical (unpaired) electrons. The SMILES string of the molecule is COC(=O)[C@H]1CCCN(Cc2nc(C(C)C)no2)C1. The second kappa shape index (κ2) is 6.14. The fraction of sp³-hybridized carbons (Fsp3) is 0.769. The highest BCUT2D eigenvalue weighted by atomic mass is 16.5. The number of hydrogen-bond acceptors (Lipinski definition) is 6. The molecule has 0 saturated carbocycles. The first kappa shape index (κ1) is 14.0. The first-order valence-electron chi connectivity index (χ1n) is 6.72. The third-order valence-corrected chi connectivity index (χ3v) is 3.40. The number of nitrogens with zero attached hydrogens (tertiary/aromatic N) is 3. The Bertz CT molecular complexity index is 431. The number of methoxy groups -OCH3 is 1. The number of likely N-dealkylation sites (tertiary alicyclic amines) is 1. The molecule has 2 rings (SSSR count). The third kappa shape index (κ3) is 3.53. The second-order valence-electron chi connectivity index (χ2n) is 5.30. The van der Waals surface area contributed by atoms with E-state index in [0.717, 1.165) is 25.2 Å². The van der Waals surface area contributed by atoms with E-state index >= 15 is 0 Å². The monoisotopic (exact) mass is 267 g/mol. The lowest BCUT2D eigenvalue weighted by Gasteiger charge is -2.29. The van der Waals surface area contributed by atoms with Gasteiger partial charge in [-0.3, -0.25) is 9.69 Å². The van der Waals surface area contributed by atoms with E-state index in [9.17, 15) is 4.79 Å². The lowest BCUT2D eigenvalue weighted by atomic mass is 9.98. The van der Waals surface area contributed by atoms with E-state index in [4.69, 9.17) is 9.26 Å². The molecule has 1 saturated heterocycles. The molecule has 2 heterocycles. The highest BCUT2D eigenvalue weighted by Gasteiger charge is 2.27. The van der Waals surface area contributed by atoms with Crippen molar-refractivity contribution in [2.45, 2.75) is 39.2 Å². The third-order valence-electron chi connectivity index (χ3n) is 3.40. The molecular formula is C13H21N3O3. The van der Waals surface area contributed by atoms with Crippen LogP contribution in [0.15, 0.2) is 4.52 Å². The molecule has 1 aliphatic rings. The van der Waals surface area contributed by atoms with E-state index in [2.05, 4.69) is 15.0 Å². The molecule has 1 atom stereocenters. The molecule has 6 nitrogen and oxygen atoms in total. The van der Waals surface area contributed by atoms with Crippen LogP contribution in [-0.4, -0.2) is 41.2 Å². The minimum atomic E-state index is -0.127. The van der Waals surface area contributed by atoms with Crippen molar-refractivity contribution >= 4 is 5.97 Å². The van der Waals surface area contributed by atoms with Crippen molar-refractivity contribution in [3.05, 3.63) is 11.7 Å². The van der Waals surface area contributed by atoms with Gasteiger partial charge in [0.2, 0.25) is 5.89 Å². The van der Waals surface area contributed by atoms with Gasteiger partial charge >= 0.3 is 5.97 Å². The topological polar surface area (TPSA) is 68.5 Å².